The van der Waals surface area contributed by atoms with Gasteiger partial charge in [-0.25, -0.2) is 18.7 Å². The van der Waals surface area contributed by atoms with E-state index in [0.29, 0.717) is 24.6 Å². The molecule has 0 aliphatic heterocycles. The second-order valence-electron chi connectivity index (χ2n) is 7.59. The fourth-order valence-corrected chi connectivity index (χ4v) is 5.39. The minimum absolute atomic E-state index is 0.155. The zero-order chi connectivity index (χ0) is 24.2. The largest absolute Gasteiger partial charge is 0.457 e. The number of ether oxygens (including phenoxy) is 4. The topological polar surface area (TPSA) is 89.1 Å². The molecule has 0 aliphatic rings. The third-order valence-electron chi connectivity index (χ3n) is 5.61. The maximum absolute atomic E-state index is 12.5. The molecule has 0 fully saturated rings. The molecule has 4 aromatic rings. The van der Waals surface area contributed by atoms with Crippen LogP contribution in [0.1, 0.15) is 32.4 Å². The Morgan fingerprint density at radius 1 is 0.735 bits per heavy atom. The van der Waals surface area contributed by atoms with Crippen molar-refractivity contribution in [3.8, 4) is 0 Å². The molecule has 4 aromatic heterocycles. The maximum Gasteiger partial charge on any atom is 0.383 e. The summed E-state index contributed by atoms with van der Waals surface area (Å²) in [5.41, 5.74) is 2.76. The highest BCUT2D eigenvalue weighted by Crippen LogP contribution is 2.15. The van der Waals surface area contributed by atoms with Gasteiger partial charge in [-0.15, -0.1) is 0 Å². The Hall–Kier alpha value is -2.80. The van der Waals surface area contributed by atoms with Crippen LogP contribution in [-0.2, 0) is 33.0 Å². The zero-order valence-electron chi connectivity index (χ0n) is 19.6. The minimum Gasteiger partial charge on any atom is -0.457 e. The predicted molar refractivity (Wildman–Crippen MR) is 125 cm³/mol. The number of rotatable bonds is 11. The summed E-state index contributed by atoms with van der Waals surface area (Å²) >= 11 is 3.12. The Morgan fingerprint density at radius 3 is 1.53 bits per heavy atom. The van der Waals surface area contributed by atoms with Crippen LogP contribution >= 0.6 is 22.7 Å². The summed E-state index contributed by atoms with van der Waals surface area (Å²) in [4.78, 5) is 26.9. The highest BCUT2D eigenvalue weighted by atomic mass is 32.1. The van der Waals surface area contributed by atoms with Crippen LogP contribution in [-0.4, -0.2) is 60.7 Å². The van der Waals surface area contributed by atoms with Gasteiger partial charge in [-0.3, -0.25) is 0 Å². The van der Waals surface area contributed by atoms with Gasteiger partial charge in [0, 0.05) is 24.6 Å². The number of carbonyl (C=O) groups excluding carboxylic acids is 2. The first kappa shape index (κ1) is 24.3. The lowest BCUT2D eigenvalue weighted by Gasteiger charge is -2.07. The van der Waals surface area contributed by atoms with E-state index in [2.05, 4.69) is 0 Å². The summed E-state index contributed by atoms with van der Waals surface area (Å²) in [5, 5.41) is 3.86. The Kier molecular flexibility index (Phi) is 7.61. The Morgan fingerprint density at radius 2 is 1.12 bits per heavy atom. The number of thiazole rings is 2. The van der Waals surface area contributed by atoms with Gasteiger partial charge in [-0.05, 0) is 0 Å². The molecule has 0 unspecified atom stereocenters. The first-order chi connectivity index (χ1) is 16.4. The van der Waals surface area contributed by atoms with Crippen molar-refractivity contribution in [1.82, 2.24) is 9.13 Å². The SMILES string of the molecule is Cc1c(C(=O)OCCOCCOCCOC(=O)c2c(C)n(C)c3scc[n+]23)[n+]2ccsc2n1C. The predicted octanol–water partition coefficient (Wildman–Crippen LogP) is 1.63. The quantitative estimate of drug-likeness (QED) is 0.174. The van der Waals surface area contributed by atoms with Crippen LogP contribution in [0.2, 0.25) is 0 Å². The van der Waals surface area contributed by atoms with Crippen LogP contribution in [0.4, 0.5) is 0 Å². The molecule has 0 bridgehead atoms. The molecule has 0 saturated heterocycles. The fourth-order valence-electron chi connectivity index (χ4n) is 3.66. The molecule has 0 aliphatic carbocycles. The van der Waals surface area contributed by atoms with E-state index in [0.717, 1.165) is 21.3 Å². The number of hydrogen-bond donors (Lipinski definition) is 0. The van der Waals surface area contributed by atoms with E-state index in [1.807, 2.05) is 69.0 Å². The van der Waals surface area contributed by atoms with Gasteiger partial charge in [0.05, 0.1) is 40.5 Å². The molecule has 0 radical (unpaired) electrons. The van der Waals surface area contributed by atoms with E-state index in [4.69, 9.17) is 18.9 Å². The Labute approximate surface area is 204 Å². The molecule has 0 atom stereocenters. The lowest BCUT2D eigenvalue weighted by Crippen LogP contribution is -2.27. The molecule has 10 nitrogen and oxygen atoms in total. The summed E-state index contributed by atoms with van der Waals surface area (Å²) in [7, 11) is 3.85. The van der Waals surface area contributed by atoms with Gasteiger partial charge in [0.2, 0.25) is 0 Å². The number of fused-ring (bicyclic) bond motifs is 2. The molecule has 182 valence electrons. The van der Waals surface area contributed by atoms with Crippen LogP contribution in [0.3, 0.4) is 0 Å². The number of nitrogens with zero attached hydrogens (tertiary/aromatic N) is 4. The first-order valence-corrected chi connectivity index (χ1v) is 12.6. The molecular weight excluding hydrogens is 480 g/mol. The van der Waals surface area contributed by atoms with E-state index in [9.17, 15) is 9.59 Å². The summed E-state index contributed by atoms with van der Waals surface area (Å²) in [5.74, 6) is -0.751. The number of aryl methyl sites for hydroxylation is 2. The van der Waals surface area contributed by atoms with Crippen LogP contribution in [0.15, 0.2) is 23.2 Å². The van der Waals surface area contributed by atoms with E-state index in [1.165, 1.54) is 0 Å². The third kappa shape index (κ3) is 4.71. The number of carbonyl (C=O) groups is 2. The molecule has 12 heteroatoms. The van der Waals surface area contributed by atoms with Crippen molar-refractivity contribution in [3.63, 3.8) is 0 Å². The smallest absolute Gasteiger partial charge is 0.383 e. The standard InChI is InChI=1S/C22H28N4O6S2/c1-15-17(25-5-13-33-21(25)23(15)3)19(27)31-11-9-29-7-8-30-10-12-32-20(28)18-16(2)24(4)22-26(18)6-14-34-22/h5-6,13-14H,7-12H2,1-4H3/q+2. The molecular formula is C22H28N4O6S2+2. The van der Waals surface area contributed by atoms with Gasteiger partial charge in [-0.1, -0.05) is 22.7 Å². The van der Waals surface area contributed by atoms with Crippen molar-refractivity contribution in [2.24, 2.45) is 14.1 Å². The third-order valence-corrected chi connectivity index (χ3v) is 7.48. The normalized spacial score (nSPS) is 11.5. The van der Waals surface area contributed by atoms with Gasteiger partial charge >= 0.3 is 21.9 Å². The van der Waals surface area contributed by atoms with E-state index in [-0.39, 0.29) is 38.4 Å². The average molecular weight is 509 g/mol. The molecule has 0 saturated carbocycles. The molecule has 0 spiro atoms. The Bertz CT molecular complexity index is 1220. The highest BCUT2D eigenvalue weighted by molar-refractivity contribution is 7.14. The fraction of sp³-hybridized carbons (Fsp3) is 0.455. The Balaban J connectivity index is 1.09. The lowest BCUT2D eigenvalue weighted by atomic mass is 10.3. The van der Waals surface area contributed by atoms with Crippen LogP contribution in [0, 0.1) is 13.8 Å². The summed E-state index contributed by atoms with van der Waals surface area (Å²) in [6.45, 7) is 5.34. The van der Waals surface area contributed by atoms with E-state index in [1.54, 1.807) is 22.7 Å². The monoisotopic (exact) mass is 508 g/mol. The summed E-state index contributed by atoms with van der Waals surface area (Å²) < 4.78 is 29.2. The van der Waals surface area contributed by atoms with Crippen LogP contribution in [0.25, 0.3) is 9.92 Å². The van der Waals surface area contributed by atoms with Gasteiger partial charge in [0.15, 0.2) is 11.4 Å². The number of imidazole rings is 2. The van der Waals surface area contributed by atoms with Crippen molar-refractivity contribution in [2.75, 3.05) is 39.6 Å². The molecule has 4 heterocycles. The van der Waals surface area contributed by atoms with E-state index < -0.39 is 0 Å². The van der Waals surface area contributed by atoms with Gasteiger partial charge in [0.1, 0.15) is 25.6 Å². The van der Waals surface area contributed by atoms with Crippen molar-refractivity contribution in [2.45, 2.75) is 13.8 Å². The van der Waals surface area contributed by atoms with Gasteiger partial charge < -0.3 is 18.9 Å². The van der Waals surface area contributed by atoms with Gasteiger partial charge in [0.25, 0.3) is 11.4 Å². The van der Waals surface area contributed by atoms with Crippen LogP contribution in [0.5, 0.6) is 0 Å². The second kappa shape index (κ2) is 10.6. The highest BCUT2D eigenvalue weighted by Gasteiger charge is 2.29. The molecule has 0 aromatic carbocycles. The lowest BCUT2D eigenvalue weighted by molar-refractivity contribution is -0.510. The van der Waals surface area contributed by atoms with Crippen molar-refractivity contribution in [1.29, 1.82) is 0 Å². The van der Waals surface area contributed by atoms with Crippen molar-refractivity contribution in [3.05, 3.63) is 45.9 Å². The maximum atomic E-state index is 12.5. The second-order valence-corrected chi connectivity index (χ2v) is 9.34. The molecule has 4 rings (SSSR count). The number of esters is 2. The number of aromatic nitrogens is 4. The van der Waals surface area contributed by atoms with E-state index >= 15 is 0 Å². The molecule has 34 heavy (non-hydrogen) atoms. The first-order valence-electron chi connectivity index (χ1n) is 10.8. The average Bonchev–Trinajstić information content (AvgIpc) is 3.57. The summed E-state index contributed by atoms with van der Waals surface area (Å²) in [6, 6.07) is 0. The molecule has 0 N–H and O–H groups in total. The zero-order valence-corrected chi connectivity index (χ0v) is 21.2. The minimum atomic E-state index is -0.375. The van der Waals surface area contributed by atoms with Crippen LogP contribution < -0.4 is 8.80 Å². The van der Waals surface area contributed by atoms with Crippen molar-refractivity contribution < 1.29 is 37.3 Å². The summed E-state index contributed by atoms with van der Waals surface area (Å²) in [6.07, 6.45) is 3.72. The molecule has 0 amide bonds. The number of hydrogen-bond acceptors (Lipinski definition) is 8. The van der Waals surface area contributed by atoms with Crippen molar-refractivity contribution >= 4 is 44.5 Å². The van der Waals surface area contributed by atoms with Gasteiger partial charge in [-0.2, -0.15) is 8.80 Å².